The number of aliphatic hydroxyl groups is 1. The molecule has 1 nitrogen and oxygen atoms in total. The fourth-order valence-corrected chi connectivity index (χ4v) is 0.861. The zero-order valence-corrected chi connectivity index (χ0v) is 6.69. The minimum atomic E-state index is -0.0171. The van der Waals surface area contributed by atoms with Crippen LogP contribution in [0.15, 0.2) is 0 Å². The summed E-state index contributed by atoms with van der Waals surface area (Å²) in [5, 5.41) is 8.49. The average Bonchev–Trinajstić information content (AvgIpc) is 1.89. The molecule has 0 heterocycles. The van der Waals surface area contributed by atoms with Gasteiger partial charge in [0, 0.05) is 0 Å². The number of aliphatic hydroxyl groups excluding tert-OH is 1. The van der Waals surface area contributed by atoms with Crippen LogP contribution in [0.3, 0.4) is 0 Å². The molecule has 56 valence electrons. The van der Waals surface area contributed by atoms with Gasteiger partial charge in [-0.1, -0.05) is 26.2 Å². The van der Waals surface area contributed by atoms with Gasteiger partial charge in [0.2, 0.25) is 0 Å². The van der Waals surface area contributed by atoms with E-state index in [1.807, 2.05) is 0 Å². The number of hydrogen-bond donors (Lipinski definition) is 1. The van der Waals surface area contributed by atoms with Crippen molar-refractivity contribution in [2.75, 3.05) is 6.61 Å². The van der Waals surface area contributed by atoms with Gasteiger partial charge in [-0.25, -0.2) is 0 Å². The maximum atomic E-state index is 8.50. The van der Waals surface area contributed by atoms with Crippen molar-refractivity contribution >= 4 is 11.6 Å². The molecule has 0 rings (SSSR count). The molecule has 0 radical (unpaired) electrons. The van der Waals surface area contributed by atoms with Gasteiger partial charge in [0.15, 0.2) is 0 Å². The third-order valence-corrected chi connectivity index (χ3v) is 1.68. The van der Waals surface area contributed by atoms with Gasteiger partial charge in [-0.2, -0.15) is 0 Å². The van der Waals surface area contributed by atoms with Gasteiger partial charge in [-0.05, 0) is 6.42 Å². The van der Waals surface area contributed by atoms with Crippen molar-refractivity contribution in [1.29, 1.82) is 0 Å². The summed E-state index contributed by atoms with van der Waals surface area (Å²) in [6.07, 6.45) is 4.54. The van der Waals surface area contributed by atoms with Crippen LogP contribution < -0.4 is 0 Å². The maximum Gasteiger partial charge on any atom is 0.0595 e. The highest BCUT2D eigenvalue weighted by Gasteiger charge is 1.99. The van der Waals surface area contributed by atoms with Crippen LogP contribution in [-0.2, 0) is 0 Å². The first kappa shape index (κ1) is 9.25. The second-order valence-corrected chi connectivity index (χ2v) is 2.89. The molecule has 0 aliphatic rings. The SMILES string of the molecule is CCCCCC(Cl)CO. The van der Waals surface area contributed by atoms with E-state index in [0.717, 1.165) is 12.8 Å². The Morgan fingerprint density at radius 1 is 1.44 bits per heavy atom. The van der Waals surface area contributed by atoms with E-state index in [2.05, 4.69) is 6.92 Å². The molecule has 1 atom stereocenters. The molecule has 2 heteroatoms. The van der Waals surface area contributed by atoms with Crippen LogP contribution in [0.2, 0.25) is 0 Å². The topological polar surface area (TPSA) is 20.2 Å². The summed E-state index contributed by atoms with van der Waals surface area (Å²) in [4.78, 5) is 0. The van der Waals surface area contributed by atoms with Crippen molar-refractivity contribution in [3.05, 3.63) is 0 Å². The van der Waals surface area contributed by atoms with Gasteiger partial charge in [-0.15, -0.1) is 11.6 Å². The van der Waals surface area contributed by atoms with Gasteiger partial charge >= 0.3 is 0 Å². The van der Waals surface area contributed by atoms with Crippen LogP contribution in [-0.4, -0.2) is 17.1 Å². The van der Waals surface area contributed by atoms with Gasteiger partial charge < -0.3 is 5.11 Å². The van der Waals surface area contributed by atoms with Crippen LogP contribution in [0.1, 0.15) is 32.6 Å². The lowest BCUT2D eigenvalue weighted by Gasteiger charge is -2.02. The fraction of sp³-hybridized carbons (Fsp3) is 1.00. The third-order valence-electron chi connectivity index (χ3n) is 1.32. The Morgan fingerprint density at radius 3 is 2.56 bits per heavy atom. The van der Waals surface area contributed by atoms with E-state index in [9.17, 15) is 0 Å². The molecule has 0 fully saturated rings. The van der Waals surface area contributed by atoms with Gasteiger partial charge in [0.25, 0.3) is 0 Å². The third kappa shape index (κ3) is 6.13. The summed E-state index contributed by atoms with van der Waals surface area (Å²) in [5.74, 6) is 0. The molecule has 0 saturated heterocycles. The summed E-state index contributed by atoms with van der Waals surface area (Å²) in [6.45, 7) is 2.27. The van der Waals surface area contributed by atoms with Crippen LogP contribution in [0.4, 0.5) is 0 Å². The minimum absolute atomic E-state index is 0.0171. The molecule has 0 bridgehead atoms. The van der Waals surface area contributed by atoms with Gasteiger partial charge in [-0.3, -0.25) is 0 Å². The second-order valence-electron chi connectivity index (χ2n) is 2.28. The smallest absolute Gasteiger partial charge is 0.0595 e. The predicted molar refractivity (Wildman–Crippen MR) is 40.9 cm³/mol. The Kier molecular flexibility index (Phi) is 6.55. The molecule has 0 aromatic rings. The highest BCUT2D eigenvalue weighted by Crippen LogP contribution is 2.07. The molecule has 1 N–H and O–H groups in total. The zero-order valence-electron chi connectivity index (χ0n) is 5.94. The van der Waals surface area contributed by atoms with Crippen molar-refractivity contribution < 1.29 is 5.11 Å². The lowest BCUT2D eigenvalue weighted by Crippen LogP contribution is -2.03. The Labute approximate surface area is 62.0 Å². The van der Waals surface area contributed by atoms with Crippen molar-refractivity contribution in [3.63, 3.8) is 0 Å². The van der Waals surface area contributed by atoms with E-state index in [1.165, 1.54) is 12.8 Å². The van der Waals surface area contributed by atoms with Crippen molar-refractivity contribution in [1.82, 2.24) is 0 Å². The maximum absolute atomic E-state index is 8.50. The molecule has 0 amide bonds. The first-order chi connectivity index (χ1) is 4.31. The fourth-order valence-electron chi connectivity index (χ4n) is 0.707. The standard InChI is InChI=1S/C7H15ClO/c1-2-3-4-5-7(8)6-9/h7,9H,2-6H2,1H3. The van der Waals surface area contributed by atoms with E-state index < -0.39 is 0 Å². The zero-order chi connectivity index (χ0) is 7.11. The highest BCUT2D eigenvalue weighted by atomic mass is 35.5. The molecule has 9 heavy (non-hydrogen) atoms. The largest absolute Gasteiger partial charge is 0.395 e. The molecule has 0 spiro atoms. The van der Waals surface area contributed by atoms with Crippen LogP contribution in [0.5, 0.6) is 0 Å². The lowest BCUT2D eigenvalue weighted by atomic mass is 10.2. The van der Waals surface area contributed by atoms with E-state index in [0.29, 0.717) is 0 Å². The number of rotatable bonds is 5. The van der Waals surface area contributed by atoms with Crippen molar-refractivity contribution in [3.8, 4) is 0 Å². The summed E-state index contributed by atoms with van der Waals surface area (Å²) in [6, 6.07) is 0. The van der Waals surface area contributed by atoms with Gasteiger partial charge in [0.1, 0.15) is 0 Å². The van der Waals surface area contributed by atoms with Crippen molar-refractivity contribution in [2.45, 2.75) is 38.0 Å². The Morgan fingerprint density at radius 2 is 2.11 bits per heavy atom. The molecule has 0 saturated carbocycles. The number of hydrogen-bond acceptors (Lipinski definition) is 1. The quantitative estimate of drug-likeness (QED) is 0.471. The van der Waals surface area contributed by atoms with E-state index in [-0.39, 0.29) is 12.0 Å². The Hall–Kier alpha value is 0.250. The number of halogens is 1. The van der Waals surface area contributed by atoms with Crippen LogP contribution in [0, 0.1) is 0 Å². The molecule has 0 aromatic heterocycles. The van der Waals surface area contributed by atoms with Gasteiger partial charge in [0.05, 0.1) is 12.0 Å². The van der Waals surface area contributed by atoms with Crippen LogP contribution in [0.25, 0.3) is 0 Å². The van der Waals surface area contributed by atoms with Crippen LogP contribution >= 0.6 is 11.6 Å². The van der Waals surface area contributed by atoms with E-state index in [1.54, 1.807) is 0 Å². The summed E-state index contributed by atoms with van der Waals surface area (Å²) in [7, 11) is 0. The first-order valence-electron chi connectivity index (χ1n) is 3.56. The monoisotopic (exact) mass is 150 g/mol. The second kappa shape index (κ2) is 6.37. The molecule has 1 unspecified atom stereocenters. The predicted octanol–water partition coefficient (Wildman–Crippen LogP) is 2.17. The summed E-state index contributed by atoms with van der Waals surface area (Å²) < 4.78 is 0. The molecular weight excluding hydrogens is 136 g/mol. The lowest BCUT2D eigenvalue weighted by molar-refractivity contribution is 0.286. The number of alkyl halides is 1. The molecule has 0 aliphatic carbocycles. The highest BCUT2D eigenvalue weighted by molar-refractivity contribution is 6.20. The average molecular weight is 151 g/mol. The van der Waals surface area contributed by atoms with E-state index >= 15 is 0 Å². The number of unbranched alkanes of at least 4 members (excludes halogenated alkanes) is 2. The van der Waals surface area contributed by atoms with E-state index in [4.69, 9.17) is 16.7 Å². The normalized spacial score (nSPS) is 13.7. The minimum Gasteiger partial charge on any atom is -0.395 e. The summed E-state index contributed by atoms with van der Waals surface area (Å²) >= 11 is 5.65. The molecular formula is C7H15ClO. The van der Waals surface area contributed by atoms with Crippen molar-refractivity contribution in [2.24, 2.45) is 0 Å². The molecule has 0 aliphatic heterocycles. The Bertz CT molecular complexity index is 56.9. The summed E-state index contributed by atoms with van der Waals surface area (Å²) in [5.41, 5.74) is 0. The Balaban J connectivity index is 2.88. The molecule has 0 aromatic carbocycles. The first-order valence-corrected chi connectivity index (χ1v) is 3.99.